The van der Waals surface area contributed by atoms with E-state index in [1.807, 2.05) is 26.2 Å². The van der Waals surface area contributed by atoms with Gasteiger partial charge in [0.25, 0.3) is 0 Å². The molecule has 0 bridgehead atoms. The van der Waals surface area contributed by atoms with E-state index in [-0.39, 0.29) is 11.9 Å². The second-order valence-electron chi connectivity index (χ2n) is 4.29. The van der Waals surface area contributed by atoms with E-state index in [0.29, 0.717) is 0 Å². The van der Waals surface area contributed by atoms with E-state index in [9.17, 15) is 4.39 Å². The molecular formula is C13H21FN2. The zero-order valence-electron chi connectivity index (χ0n) is 10.3. The van der Waals surface area contributed by atoms with Crippen molar-refractivity contribution < 1.29 is 4.39 Å². The molecule has 0 amide bonds. The highest BCUT2D eigenvalue weighted by Crippen LogP contribution is 2.17. The summed E-state index contributed by atoms with van der Waals surface area (Å²) >= 11 is 0. The van der Waals surface area contributed by atoms with Crippen LogP contribution in [0.1, 0.15) is 24.9 Å². The van der Waals surface area contributed by atoms with Crippen LogP contribution in [0.25, 0.3) is 0 Å². The molecule has 0 fully saturated rings. The topological polar surface area (TPSA) is 15.3 Å². The van der Waals surface area contributed by atoms with Crippen LogP contribution in [0.5, 0.6) is 0 Å². The van der Waals surface area contributed by atoms with Crippen molar-refractivity contribution in [3.05, 3.63) is 35.6 Å². The highest BCUT2D eigenvalue weighted by molar-refractivity contribution is 5.21. The number of halogens is 1. The molecule has 16 heavy (non-hydrogen) atoms. The molecule has 1 unspecified atom stereocenters. The smallest absolute Gasteiger partial charge is 0.128 e. The maximum absolute atomic E-state index is 13.7. The summed E-state index contributed by atoms with van der Waals surface area (Å²) in [5, 5.41) is 3.38. The number of nitrogens with one attached hydrogen (secondary N) is 1. The average Bonchev–Trinajstić information content (AvgIpc) is 2.24. The third-order valence-corrected chi connectivity index (χ3v) is 2.47. The number of hydrogen-bond donors (Lipinski definition) is 1. The summed E-state index contributed by atoms with van der Waals surface area (Å²) in [6.07, 6.45) is 1.05. The third kappa shape index (κ3) is 3.91. The maximum Gasteiger partial charge on any atom is 0.128 e. The quantitative estimate of drug-likeness (QED) is 0.798. The lowest BCUT2D eigenvalue weighted by Gasteiger charge is -2.23. The van der Waals surface area contributed by atoms with Crippen molar-refractivity contribution in [2.75, 3.05) is 27.2 Å². The molecule has 2 nitrogen and oxygen atoms in total. The monoisotopic (exact) mass is 224 g/mol. The largest absolute Gasteiger partial charge is 0.309 e. The van der Waals surface area contributed by atoms with E-state index < -0.39 is 0 Å². The highest BCUT2D eigenvalue weighted by atomic mass is 19.1. The predicted molar refractivity (Wildman–Crippen MR) is 66.0 cm³/mol. The molecule has 0 spiro atoms. The van der Waals surface area contributed by atoms with Crippen molar-refractivity contribution in [2.24, 2.45) is 0 Å². The van der Waals surface area contributed by atoms with Crippen LogP contribution in [-0.4, -0.2) is 32.1 Å². The Balaban J connectivity index is 2.78. The van der Waals surface area contributed by atoms with E-state index in [1.54, 1.807) is 6.07 Å². The van der Waals surface area contributed by atoms with Gasteiger partial charge in [-0.1, -0.05) is 25.1 Å². The van der Waals surface area contributed by atoms with E-state index >= 15 is 0 Å². The van der Waals surface area contributed by atoms with Crippen LogP contribution in [0, 0.1) is 5.82 Å². The molecule has 0 saturated heterocycles. The van der Waals surface area contributed by atoms with Crippen molar-refractivity contribution in [3.63, 3.8) is 0 Å². The summed E-state index contributed by atoms with van der Waals surface area (Å²) < 4.78 is 13.7. The summed E-state index contributed by atoms with van der Waals surface area (Å²) in [4.78, 5) is 2.07. The lowest BCUT2D eigenvalue weighted by molar-refractivity contribution is 0.336. The Kier molecular flexibility index (Phi) is 5.43. The van der Waals surface area contributed by atoms with Gasteiger partial charge in [-0.3, -0.25) is 0 Å². The van der Waals surface area contributed by atoms with E-state index in [0.717, 1.165) is 25.1 Å². The van der Waals surface area contributed by atoms with Gasteiger partial charge in [0.15, 0.2) is 0 Å². The van der Waals surface area contributed by atoms with Crippen LogP contribution in [0.15, 0.2) is 24.3 Å². The van der Waals surface area contributed by atoms with Crippen LogP contribution in [-0.2, 0) is 0 Å². The van der Waals surface area contributed by atoms with Gasteiger partial charge in [-0.2, -0.15) is 0 Å². The molecule has 0 saturated carbocycles. The maximum atomic E-state index is 13.7. The molecule has 3 heteroatoms. The van der Waals surface area contributed by atoms with Gasteiger partial charge in [0.05, 0.1) is 0 Å². The van der Waals surface area contributed by atoms with Gasteiger partial charge in [0.1, 0.15) is 5.82 Å². The predicted octanol–water partition coefficient (Wildman–Crippen LogP) is 2.43. The van der Waals surface area contributed by atoms with Gasteiger partial charge in [-0.05, 0) is 33.1 Å². The number of nitrogens with zero attached hydrogens (tertiary/aromatic N) is 1. The van der Waals surface area contributed by atoms with E-state index in [4.69, 9.17) is 0 Å². The Morgan fingerprint density at radius 2 is 2.00 bits per heavy atom. The third-order valence-electron chi connectivity index (χ3n) is 2.47. The second kappa shape index (κ2) is 6.61. The van der Waals surface area contributed by atoms with Gasteiger partial charge >= 0.3 is 0 Å². The van der Waals surface area contributed by atoms with Gasteiger partial charge in [-0.25, -0.2) is 4.39 Å². The van der Waals surface area contributed by atoms with Gasteiger partial charge in [0, 0.05) is 18.2 Å². The molecule has 90 valence electrons. The Morgan fingerprint density at radius 3 is 2.56 bits per heavy atom. The zero-order valence-corrected chi connectivity index (χ0v) is 10.3. The molecule has 0 aromatic heterocycles. The number of likely N-dealkylation sites (N-methyl/N-ethyl adjacent to an activating group) is 1. The Morgan fingerprint density at radius 1 is 1.31 bits per heavy atom. The molecule has 1 N–H and O–H groups in total. The molecule has 0 radical (unpaired) electrons. The molecule has 0 aliphatic rings. The van der Waals surface area contributed by atoms with Crippen molar-refractivity contribution >= 4 is 0 Å². The standard InChI is InChI=1S/C13H21FN2/c1-4-9-15-13(10-16(2)3)11-7-5-6-8-12(11)14/h5-8,13,15H,4,9-10H2,1-3H3. The van der Waals surface area contributed by atoms with Crippen molar-refractivity contribution in [2.45, 2.75) is 19.4 Å². The minimum absolute atomic E-state index is 0.0659. The fraction of sp³-hybridized carbons (Fsp3) is 0.538. The number of rotatable bonds is 6. The fourth-order valence-corrected chi connectivity index (χ4v) is 1.71. The Hall–Kier alpha value is -0.930. The summed E-state index contributed by atoms with van der Waals surface area (Å²) in [5.74, 6) is -0.127. The first kappa shape index (κ1) is 13.1. The van der Waals surface area contributed by atoms with Crippen LogP contribution >= 0.6 is 0 Å². The Bertz CT molecular complexity index is 313. The molecule has 1 aromatic rings. The van der Waals surface area contributed by atoms with E-state index in [1.165, 1.54) is 6.07 Å². The average molecular weight is 224 g/mol. The molecule has 1 aromatic carbocycles. The number of hydrogen-bond acceptors (Lipinski definition) is 2. The summed E-state index contributed by atoms with van der Waals surface area (Å²) in [6.45, 7) is 3.83. The van der Waals surface area contributed by atoms with Crippen LogP contribution in [0.2, 0.25) is 0 Å². The second-order valence-corrected chi connectivity index (χ2v) is 4.29. The zero-order chi connectivity index (χ0) is 12.0. The van der Waals surface area contributed by atoms with E-state index in [2.05, 4.69) is 17.1 Å². The van der Waals surface area contributed by atoms with Crippen molar-refractivity contribution in [1.82, 2.24) is 10.2 Å². The summed E-state index contributed by atoms with van der Waals surface area (Å²) in [7, 11) is 4.00. The normalized spacial score (nSPS) is 13.1. The van der Waals surface area contributed by atoms with Gasteiger partial charge in [0.2, 0.25) is 0 Å². The molecule has 1 rings (SSSR count). The molecule has 1 atom stereocenters. The minimum atomic E-state index is -0.127. The molecule has 0 heterocycles. The summed E-state index contributed by atoms with van der Waals surface area (Å²) in [6, 6.07) is 7.05. The molecule has 0 aliphatic heterocycles. The molecule has 0 aliphatic carbocycles. The molecular weight excluding hydrogens is 203 g/mol. The van der Waals surface area contributed by atoms with Crippen molar-refractivity contribution in [1.29, 1.82) is 0 Å². The van der Waals surface area contributed by atoms with Crippen LogP contribution < -0.4 is 5.32 Å². The highest BCUT2D eigenvalue weighted by Gasteiger charge is 2.14. The lowest BCUT2D eigenvalue weighted by atomic mass is 10.1. The van der Waals surface area contributed by atoms with Gasteiger partial charge in [-0.15, -0.1) is 0 Å². The van der Waals surface area contributed by atoms with Crippen molar-refractivity contribution in [3.8, 4) is 0 Å². The first-order valence-corrected chi connectivity index (χ1v) is 5.77. The summed E-state index contributed by atoms with van der Waals surface area (Å²) in [5.41, 5.74) is 0.754. The first-order chi connectivity index (χ1) is 7.65. The first-order valence-electron chi connectivity index (χ1n) is 5.77. The lowest BCUT2D eigenvalue weighted by Crippen LogP contribution is -2.32. The Labute approximate surface area is 97.5 Å². The minimum Gasteiger partial charge on any atom is -0.309 e. The van der Waals surface area contributed by atoms with Crippen LogP contribution in [0.4, 0.5) is 4.39 Å². The van der Waals surface area contributed by atoms with Gasteiger partial charge < -0.3 is 10.2 Å². The van der Waals surface area contributed by atoms with Crippen LogP contribution in [0.3, 0.4) is 0 Å². The number of benzene rings is 1. The fourth-order valence-electron chi connectivity index (χ4n) is 1.71. The SMILES string of the molecule is CCCNC(CN(C)C)c1ccccc1F.